The maximum absolute atomic E-state index is 12.5. The molecule has 0 heterocycles. The number of carbonyl (C=O) groups is 2. The Kier molecular flexibility index (Phi) is 4.31. The molecular weight excluding hydrogens is 288 g/mol. The zero-order chi connectivity index (χ0) is 16.3. The summed E-state index contributed by atoms with van der Waals surface area (Å²) in [6.45, 7) is 0. The number of rotatable bonds is 4. The number of esters is 1. The van der Waals surface area contributed by atoms with E-state index in [4.69, 9.17) is 0 Å². The second-order valence-electron chi connectivity index (χ2n) is 4.63. The van der Waals surface area contributed by atoms with E-state index >= 15 is 0 Å². The quantitative estimate of drug-likeness (QED) is 0.587. The molecule has 2 aromatic rings. The summed E-state index contributed by atoms with van der Waals surface area (Å²) in [5.41, 5.74) is 0.293. The van der Waals surface area contributed by atoms with Crippen LogP contribution in [0.3, 0.4) is 0 Å². The number of ether oxygens (including phenoxy) is 1. The first-order chi connectivity index (χ1) is 10.4. The minimum absolute atomic E-state index is 0.00117. The number of aromatic hydroxyl groups is 3. The van der Waals surface area contributed by atoms with E-state index in [-0.39, 0.29) is 34.6 Å². The van der Waals surface area contributed by atoms with Gasteiger partial charge in [0.1, 0.15) is 17.2 Å². The van der Waals surface area contributed by atoms with Crippen LogP contribution < -0.4 is 0 Å². The molecule has 0 atom stereocenters. The first-order valence-corrected chi connectivity index (χ1v) is 6.37. The predicted octanol–water partition coefficient (Wildman–Crippen LogP) is 1.75. The molecule has 0 aromatic heterocycles. The second-order valence-corrected chi connectivity index (χ2v) is 4.63. The highest BCUT2D eigenvalue weighted by Gasteiger charge is 2.21. The molecule has 0 aliphatic carbocycles. The molecule has 6 nitrogen and oxygen atoms in total. The molecule has 0 bridgehead atoms. The van der Waals surface area contributed by atoms with Gasteiger partial charge in [0.2, 0.25) is 0 Å². The van der Waals surface area contributed by atoms with Gasteiger partial charge in [0.25, 0.3) is 0 Å². The Hall–Kier alpha value is -3.02. The molecule has 0 aliphatic rings. The highest BCUT2D eigenvalue weighted by atomic mass is 16.5. The number of hydrogen-bond donors (Lipinski definition) is 3. The molecule has 22 heavy (non-hydrogen) atoms. The van der Waals surface area contributed by atoms with Crippen LogP contribution in [0.4, 0.5) is 0 Å². The van der Waals surface area contributed by atoms with Crippen LogP contribution in [0.1, 0.15) is 21.5 Å². The average molecular weight is 302 g/mol. The van der Waals surface area contributed by atoms with E-state index in [9.17, 15) is 24.9 Å². The molecule has 0 saturated heterocycles. The molecular formula is C16H14O6. The molecule has 0 spiro atoms. The minimum Gasteiger partial charge on any atom is -0.508 e. The molecule has 2 aromatic carbocycles. The van der Waals surface area contributed by atoms with Crippen molar-refractivity contribution in [2.24, 2.45) is 0 Å². The smallest absolute Gasteiger partial charge is 0.310 e. The summed E-state index contributed by atoms with van der Waals surface area (Å²) in [5.74, 6) is -1.84. The molecule has 0 radical (unpaired) electrons. The number of hydrogen-bond acceptors (Lipinski definition) is 6. The van der Waals surface area contributed by atoms with Crippen LogP contribution in [0.2, 0.25) is 0 Å². The lowest BCUT2D eigenvalue weighted by Gasteiger charge is -2.11. The van der Waals surface area contributed by atoms with Gasteiger partial charge in [0.05, 0.1) is 19.1 Å². The van der Waals surface area contributed by atoms with Gasteiger partial charge < -0.3 is 20.1 Å². The van der Waals surface area contributed by atoms with Crippen molar-refractivity contribution >= 4 is 11.8 Å². The van der Waals surface area contributed by atoms with E-state index < -0.39 is 17.5 Å². The van der Waals surface area contributed by atoms with Crippen molar-refractivity contribution in [3.63, 3.8) is 0 Å². The van der Waals surface area contributed by atoms with E-state index in [2.05, 4.69) is 4.74 Å². The maximum atomic E-state index is 12.5. The highest BCUT2D eigenvalue weighted by Crippen LogP contribution is 2.30. The first-order valence-electron chi connectivity index (χ1n) is 6.37. The number of benzene rings is 2. The molecule has 0 amide bonds. The summed E-state index contributed by atoms with van der Waals surface area (Å²) in [6.07, 6.45) is -0.266. The summed E-state index contributed by atoms with van der Waals surface area (Å²) in [4.78, 5) is 23.9. The summed E-state index contributed by atoms with van der Waals surface area (Å²) in [7, 11) is 1.20. The summed E-state index contributed by atoms with van der Waals surface area (Å²) in [6, 6.07) is 7.71. The van der Waals surface area contributed by atoms with Crippen LogP contribution >= 0.6 is 0 Å². The Morgan fingerprint density at radius 2 is 1.64 bits per heavy atom. The molecule has 0 fully saturated rings. The lowest BCUT2D eigenvalue weighted by atomic mass is 9.95. The van der Waals surface area contributed by atoms with Crippen molar-refractivity contribution in [2.45, 2.75) is 6.42 Å². The Morgan fingerprint density at radius 1 is 1.00 bits per heavy atom. The number of phenolic OH excluding ortho intramolecular Hbond substituents is 3. The zero-order valence-electron chi connectivity index (χ0n) is 11.7. The normalized spacial score (nSPS) is 10.2. The van der Waals surface area contributed by atoms with E-state index in [0.29, 0.717) is 0 Å². The van der Waals surface area contributed by atoms with Gasteiger partial charge in [-0.25, -0.2) is 0 Å². The third kappa shape index (κ3) is 3.17. The maximum Gasteiger partial charge on any atom is 0.310 e. The van der Waals surface area contributed by atoms with Gasteiger partial charge in [-0.15, -0.1) is 0 Å². The van der Waals surface area contributed by atoms with Gasteiger partial charge in [-0.2, -0.15) is 0 Å². The third-order valence-corrected chi connectivity index (χ3v) is 3.10. The van der Waals surface area contributed by atoms with Gasteiger partial charge in [-0.3, -0.25) is 9.59 Å². The van der Waals surface area contributed by atoms with E-state index in [1.807, 2.05) is 0 Å². The standard InChI is InChI=1S/C16H14O6/c1-22-14(20)7-10-6-12(18)8-13(19)15(10)16(21)9-2-4-11(17)5-3-9/h2-6,8,17-19H,7H2,1H3. The van der Waals surface area contributed by atoms with Crippen molar-refractivity contribution < 1.29 is 29.6 Å². The summed E-state index contributed by atoms with van der Waals surface area (Å²) < 4.78 is 4.54. The number of methoxy groups -OCH3 is 1. The predicted molar refractivity (Wildman–Crippen MR) is 77.0 cm³/mol. The van der Waals surface area contributed by atoms with Crippen LogP contribution in [-0.4, -0.2) is 34.2 Å². The summed E-state index contributed by atoms with van der Waals surface area (Å²) in [5, 5.41) is 28.7. The van der Waals surface area contributed by atoms with E-state index in [1.165, 1.54) is 37.4 Å². The van der Waals surface area contributed by atoms with Crippen molar-refractivity contribution in [1.82, 2.24) is 0 Å². The van der Waals surface area contributed by atoms with Gasteiger partial charge >= 0.3 is 5.97 Å². The van der Waals surface area contributed by atoms with Crippen molar-refractivity contribution in [1.29, 1.82) is 0 Å². The highest BCUT2D eigenvalue weighted by molar-refractivity contribution is 6.12. The van der Waals surface area contributed by atoms with Crippen molar-refractivity contribution in [2.75, 3.05) is 7.11 Å². The minimum atomic E-state index is -0.607. The average Bonchev–Trinajstić information content (AvgIpc) is 2.46. The molecule has 0 saturated carbocycles. The number of carbonyl (C=O) groups excluding carboxylic acids is 2. The fraction of sp³-hybridized carbons (Fsp3) is 0.125. The molecule has 3 N–H and O–H groups in total. The van der Waals surface area contributed by atoms with Gasteiger partial charge in [0, 0.05) is 11.6 Å². The zero-order valence-corrected chi connectivity index (χ0v) is 11.7. The SMILES string of the molecule is COC(=O)Cc1cc(O)cc(O)c1C(=O)c1ccc(O)cc1. The van der Waals surface area contributed by atoms with Crippen LogP contribution in [-0.2, 0) is 16.0 Å². The Balaban J connectivity index is 2.50. The van der Waals surface area contributed by atoms with E-state index in [1.54, 1.807) is 0 Å². The lowest BCUT2D eigenvalue weighted by Crippen LogP contribution is -2.11. The molecule has 114 valence electrons. The molecule has 0 unspecified atom stereocenters. The molecule has 6 heteroatoms. The van der Waals surface area contributed by atoms with Crippen LogP contribution in [0.25, 0.3) is 0 Å². The monoisotopic (exact) mass is 302 g/mol. The topological polar surface area (TPSA) is 104 Å². The van der Waals surface area contributed by atoms with E-state index in [0.717, 1.165) is 6.07 Å². The van der Waals surface area contributed by atoms with Crippen LogP contribution in [0.5, 0.6) is 17.2 Å². The lowest BCUT2D eigenvalue weighted by molar-refractivity contribution is -0.139. The van der Waals surface area contributed by atoms with Gasteiger partial charge in [0.15, 0.2) is 5.78 Å². The molecule has 2 rings (SSSR count). The second kappa shape index (κ2) is 6.17. The number of ketones is 1. The third-order valence-electron chi connectivity index (χ3n) is 3.10. The van der Waals surface area contributed by atoms with Crippen molar-refractivity contribution in [3.8, 4) is 17.2 Å². The number of phenols is 3. The van der Waals surface area contributed by atoms with Crippen LogP contribution in [0.15, 0.2) is 36.4 Å². The molecule has 0 aliphatic heterocycles. The Bertz CT molecular complexity index is 718. The fourth-order valence-electron chi connectivity index (χ4n) is 2.06. The largest absolute Gasteiger partial charge is 0.508 e. The first kappa shape index (κ1) is 15.4. The Morgan fingerprint density at radius 3 is 2.23 bits per heavy atom. The van der Waals surface area contributed by atoms with Crippen molar-refractivity contribution in [3.05, 3.63) is 53.1 Å². The van der Waals surface area contributed by atoms with Gasteiger partial charge in [-0.1, -0.05) is 0 Å². The van der Waals surface area contributed by atoms with Gasteiger partial charge in [-0.05, 0) is 35.9 Å². The Labute approximate surface area is 126 Å². The summed E-state index contributed by atoms with van der Waals surface area (Å²) >= 11 is 0. The fourth-order valence-corrected chi connectivity index (χ4v) is 2.06. The van der Waals surface area contributed by atoms with Crippen LogP contribution in [0, 0.1) is 0 Å².